The first kappa shape index (κ1) is 23.6. The molecule has 1 aromatic heterocycles. The van der Waals surface area contributed by atoms with Crippen LogP contribution in [-0.4, -0.2) is 43.1 Å². The molecule has 4 rings (SSSR count). The van der Waals surface area contributed by atoms with Gasteiger partial charge in [-0.3, -0.25) is 4.79 Å². The van der Waals surface area contributed by atoms with Crippen molar-refractivity contribution in [1.82, 2.24) is 9.97 Å². The maximum absolute atomic E-state index is 13.0. The Hall–Kier alpha value is -3.60. The molecular formula is C23H23F2N5O3S. The van der Waals surface area contributed by atoms with E-state index >= 15 is 0 Å². The zero-order chi connectivity index (χ0) is 24.3. The molecule has 1 amide bonds. The molecule has 0 aliphatic carbocycles. The van der Waals surface area contributed by atoms with Gasteiger partial charge in [0, 0.05) is 30.5 Å². The van der Waals surface area contributed by atoms with Gasteiger partial charge in [0.1, 0.15) is 17.5 Å². The molecule has 3 aromatic rings. The van der Waals surface area contributed by atoms with Gasteiger partial charge in [-0.2, -0.15) is 8.78 Å². The molecule has 2 aromatic carbocycles. The summed E-state index contributed by atoms with van der Waals surface area (Å²) >= 11 is 0. The van der Waals surface area contributed by atoms with Crippen LogP contribution in [0.5, 0.6) is 0 Å². The van der Waals surface area contributed by atoms with Crippen LogP contribution in [0.3, 0.4) is 0 Å². The maximum Gasteiger partial charge on any atom is 0.341 e. The fourth-order valence-corrected chi connectivity index (χ4v) is 4.63. The van der Waals surface area contributed by atoms with Crippen LogP contribution >= 0.6 is 0 Å². The van der Waals surface area contributed by atoms with Crippen molar-refractivity contribution in [2.24, 2.45) is 0 Å². The Kier molecular flexibility index (Phi) is 6.73. The Morgan fingerprint density at radius 2 is 1.65 bits per heavy atom. The van der Waals surface area contributed by atoms with E-state index in [0.717, 1.165) is 37.8 Å². The first-order valence-electron chi connectivity index (χ1n) is 10.6. The number of sulfone groups is 1. The Balaban J connectivity index is 1.48. The zero-order valence-corrected chi connectivity index (χ0v) is 19.1. The number of anilines is 4. The van der Waals surface area contributed by atoms with Crippen LogP contribution in [-0.2, 0) is 9.84 Å². The molecular weight excluding hydrogens is 464 g/mol. The third-order valence-corrected chi connectivity index (χ3v) is 6.78. The number of alkyl halides is 2. The number of benzene rings is 2. The van der Waals surface area contributed by atoms with E-state index in [-0.39, 0.29) is 5.56 Å². The van der Waals surface area contributed by atoms with Crippen molar-refractivity contribution in [1.29, 1.82) is 0 Å². The first-order valence-corrected chi connectivity index (χ1v) is 12.2. The van der Waals surface area contributed by atoms with Crippen molar-refractivity contribution in [2.75, 3.05) is 28.6 Å². The van der Waals surface area contributed by atoms with Gasteiger partial charge in [-0.05, 0) is 56.2 Å². The lowest BCUT2D eigenvalue weighted by atomic mass is 10.2. The van der Waals surface area contributed by atoms with Crippen LogP contribution in [0, 0.1) is 6.92 Å². The van der Waals surface area contributed by atoms with Crippen LogP contribution in [0.4, 0.5) is 31.8 Å². The summed E-state index contributed by atoms with van der Waals surface area (Å²) in [5.41, 5.74) is 0.733. The molecule has 0 spiro atoms. The molecule has 34 heavy (non-hydrogen) atoms. The van der Waals surface area contributed by atoms with Crippen molar-refractivity contribution in [3.63, 3.8) is 0 Å². The van der Waals surface area contributed by atoms with Gasteiger partial charge < -0.3 is 15.5 Å². The summed E-state index contributed by atoms with van der Waals surface area (Å²) in [5.74, 6) is -2.27. The van der Waals surface area contributed by atoms with Gasteiger partial charge in [-0.25, -0.2) is 18.4 Å². The second-order valence-corrected chi connectivity index (χ2v) is 9.70. The number of nitrogens with one attached hydrogen (secondary N) is 2. The summed E-state index contributed by atoms with van der Waals surface area (Å²) in [4.78, 5) is 23.0. The number of carbonyl (C=O) groups excluding carboxylic acids is 1. The van der Waals surface area contributed by atoms with E-state index in [1.807, 2.05) is 13.0 Å². The highest BCUT2D eigenvalue weighted by atomic mass is 32.2. The average molecular weight is 488 g/mol. The number of hydrogen-bond donors (Lipinski definition) is 2. The molecule has 1 fully saturated rings. The number of hydrogen-bond acceptors (Lipinski definition) is 7. The minimum Gasteiger partial charge on any atom is -0.356 e. The van der Waals surface area contributed by atoms with Crippen molar-refractivity contribution in [3.05, 3.63) is 66.0 Å². The fourth-order valence-electron chi connectivity index (χ4n) is 3.71. The van der Waals surface area contributed by atoms with E-state index in [2.05, 4.69) is 25.5 Å². The molecule has 2 heterocycles. The fraction of sp³-hybridized carbons (Fsp3) is 0.261. The van der Waals surface area contributed by atoms with Crippen LogP contribution in [0.15, 0.2) is 59.5 Å². The third kappa shape index (κ3) is 5.14. The minimum atomic E-state index is -4.92. The van der Waals surface area contributed by atoms with Crippen LogP contribution in [0.2, 0.25) is 0 Å². The van der Waals surface area contributed by atoms with Gasteiger partial charge in [0.2, 0.25) is 9.84 Å². The summed E-state index contributed by atoms with van der Waals surface area (Å²) in [6.07, 6.45) is 2.27. The lowest BCUT2D eigenvalue weighted by Gasteiger charge is -2.18. The number of amides is 1. The summed E-state index contributed by atoms with van der Waals surface area (Å²) in [6, 6.07) is 13.4. The highest BCUT2D eigenvalue weighted by Crippen LogP contribution is 2.25. The summed E-state index contributed by atoms with van der Waals surface area (Å²) < 4.78 is 49.8. The van der Waals surface area contributed by atoms with Crippen molar-refractivity contribution < 1.29 is 22.0 Å². The molecule has 0 unspecified atom stereocenters. The van der Waals surface area contributed by atoms with E-state index in [4.69, 9.17) is 0 Å². The summed E-state index contributed by atoms with van der Waals surface area (Å²) in [7, 11) is -4.92. The van der Waals surface area contributed by atoms with Crippen molar-refractivity contribution in [2.45, 2.75) is 30.4 Å². The second-order valence-electron chi connectivity index (χ2n) is 7.81. The standard InChI is InChI=1S/C23H23F2N5O3S/c1-15-26-20(14-21(27-15)30-12-4-5-13-30)28-16-8-10-17(11-9-16)29-22(31)18-6-2-3-7-19(18)34(32,33)23(24)25/h2-3,6-11,14,23H,4-5,12-13H2,1H3,(H,29,31)(H,26,27,28). The average Bonchev–Trinajstić information content (AvgIpc) is 3.35. The van der Waals surface area contributed by atoms with E-state index in [1.54, 1.807) is 24.3 Å². The van der Waals surface area contributed by atoms with E-state index in [1.165, 1.54) is 18.2 Å². The predicted octanol–water partition coefficient (Wildman–Crippen LogP) is 4.38. The third-order valence-electron chi connectivity index (χ3n) is 5.34. The number of rotatable bonds is 7. The normalized spacial score (nSPS) is 13.8. The van der Waals surface area contributed by atoms with Crippen LogP contribution in [0.25, 0.3) is 0 Å². The zero-order valence-electron chi connectivity index (χ0n) is 18.3. The smallest absolute Gasteiger partial charge is 0.341 e. The van der Waals surface area contributed by atoms with Crippen molar-refractivity contribution >= 4 is 38.8 Å². The lowest BCUT2D eigenvalue weighted by molar-refractivity contribution is 0.102. The molecule has 0 bridgehead atoms. The monoisotopic (exact) mass is 487 g/mol. The Morgan fingerprint density at radius 1 is 1.00 bits per heavy atom. The first-order chi connectivity index (χ1) is 16.2. The van der Waals surface area contributed by atoms with E-state index < -0.39 is 26.4 Å². The molecule has 8 nitrogen and oxygen atoms in total. The Morgan fingerprint density at radius 3 is 2.32 bits per heavy atom. The van der Waals surface area contributed by atoms with Gasteiger partial charge in [-0.1, -0.05) is 12.1 Å². The van der Waals surface area contributed by atoms with E-state index in [0.29, 0.717) is 23.0 Å². The lowest BCUT2D eigenvalue weighted by Crippen LogP contribution is -2.20. The molecule has 0 atom stereocenters. The van der Waals surface area contributed by atoms with Crippen LogP contribution < -0.4 is 15.5 Å². The highest BCUT2D eigenvalue weighted by Gasteiger charge is 2.30. The largest absolute Gasteiger partial charge is 0.356 e. The SMILES string of the molecule is Cc1nc(Nc2ccc(NC(=O)c3ccccc3S(=O)(=O)C(F)F)cc2)cc(N2CCCC2)n1. The number of aryl methyl sites for hydroxylation is 1. The molecule has 11 heteroatoms. The van der Waals surface area contributed by atoms with Crippen LogP contribution in [0.1, 0.15) is 29.0 Å². The maximum atomic E-state index is 13.0. The molecule has 2 N–H and O–H groups in total. The Labute approximate surface area is 196 Å². The topological polar surface area (TPSA) is 104 Å². The summed E-state index contributed by atoms with van der Waals surface area (Å²) in [5, 5.41) is 5.76. The number of nitrogens with zero attached hydrogens (tertiary/aromatic N) is 3. The quantitative estimate of drug-likeness (QED) is 0.510. The molecule has 178 valence electrons. The Bertz CT molecular complexity index is 1290. The highest BCUT2D eigenvalue weighted by molar-refractivity contribution is 7.91. The minimum absolute atomic E-state index is 0.351. The van der Waals surface area contributed by atoms with Crippen molar-refractivity contribution in [3.8, 4) is 0 Å². The van der Waals surface area contributed by atoms with E-state index in [9.17, 15) is 22.0 Å². The molecule has 0 radical (unpaired) electrons. The molecule has 1 saturated heterocycles. The number of carbonyl (C=O) groups is 1. The molecule has 0 saturated carbocycles. The van der Waals surface area contributed by atoms with Gasteiger partial charge in [0.05, 0.1) is 10.5 Å². The number of halogens is 2. The molecule has 1 aliphatic rings. The van der Waals surface area contributed by atoms with Gasteiger partial charge in [0.15, 0.2) is 0 Å². The van der Waals surface area contributed by atoms with Gasteiger partial charge in [0.25, 0.3) is 5.91 Å². The predicted molar refractivity (Wildman–Crippen MR) is 126 cm³/mol. The molecule has 1 aliphatic heterocycles. The number of aromatic nitrogens is 2. The second kappa shape index (κ2) is 9.72. The van der Waals surface area contributed by atoms with Gasteiger partial charge in [-0.15, -0.1) is 0 Å². The summed E-state index contributed by atoms with van der Waals surface area (Å²) in [6.45, 7) is 3.76. The van der Waals surface area contributed by atoms with Gasteiger partial charge >= 0.3 is 5.76 Å².